The number of rotatable bonds is 5. The van der Waals surface area contributed by atoms with E-state index >= 15 is 0 Å². The lowest BCUT2D eigenvalue weighted by Crippen LogP contribution is -2.37. The van der Waals surface area contributed by atoms with Crippen LogP contribution in [0.4, 0.5) is 0 Å². The maximum absolute atomic E-state index is 11.5. The Labute approximate surface area is 110 Å². The maximum Gasteiger partial charge on any atom is 0.239 e. The Balaban J connectivity index is 1.64. The molecule has 0 spiro atoms. The van der Waals surface area contributed by atoms with Gasteiger partial charge in [-0.1, -0.05) is 6.92 Å². The number of amides is 2. The van der Waals surface area contributed by atoms with Crippen LogP contribution < -0.4 is 10.6 Å². The minimum Gasteiger partial charge on any atom is -0.348 e. The van der Waals surface area contributed by atoms with Gasteiger partial charge in [0.15, 0.2) is 0 Å². The second kappa shape index (κ2) is 5.48. The first-order chi connectivity index (χ1) is 8.56. The molecule has 1 fully saturated rings. The molecule has 1 heterocycles. The number of nitrogens with zero attached hydrogens (tertiary/aromatic N) is 1. The molecule has 2 rings (SSSR count). The van der Waals surface area contributed by atoms with E-state index in [1.807, 2.05) is 19.2 Å². The number of aryl methyl sites for hydroxylation is 1. The fourth-order valence-electron chi connectivity index (χ4n) is 1.71. The Bertz CT molecular complexity index is 458. The molecular weight excluding hydrogens is 250 g/mol. The van der Waals surface area contributed by atoms with Crippen LogP contribution in [0.3, 0.4) is 0 Å². The first kappa shape index (κ1) is 13.0. The molecule has 98 valence electrons. The van der Waals surface area contributed by atoms with Gasteiger partial charge in [0.2, 0.25) is 11.8 Å². The lowest BCUT2D eigenvalue weighted by atomic mass is 10.3. The van der Waals surface area contributed by atoms with Crippen LogP contribution in [0, 0.1) is 18.8 Å². The number of carbonyl (C=O) groups is 2. The molecule has 2 N–H and O–H groups in total. The highest BCUT2D eigenvalue weighted by atomic mass is 32.1. The van der Waals surface area contributed by atoms with Crippen LogP contribution in [0.2, 0.25) is 0 Å². The molecule has 1 aromatic heterocycles. The zero-order chi connectivity index (χ0) is 13.1. The smallest absolute Gasteiger partial charge is 0.239 e. The minimum absolute atomic E-state index is 0.0113. The molecule has 1 aromatic rings. The van der Waals surface area contributed by atoms with Crippen LogP contribution in [0.5, 0.6) is 0 Å². The first-order valence-corrected chi connectivity index (χ1v) is 6.89. The van der Waals surface area contributed by atoms with Crippen molar-refractivity contribution in [1.82, 2.24) is 15.6 Å². The van der Waals surface area contributed by atoms with Gasteiger partial charge in [-0.15, -0.1) is 11.3 Å². The molecule has 0 aromatic carbocycles. The number of aromatic nitrogens is 1. The molecule has 5 nitrogen and oxygen atoms in total. The highest BCUT2D eigenvalue weighted by Gasteiger charge is 2.38. The summed E-state index contributed by atoms with van der Waals surface area (Å²) in [6, 6.07) is 0. The van der Waals surface area contributed by atoms with Crippen molar-refractivity contribution < 1.29 is 9.59 Å². The molecule has 2 atom stereocenters. The van der Waals surface area contributed by atoms with Crippen LogP contribution in [-0.2, 0) is 16.1 Å². The molecule has 0 radical (unpaired) electrons. The molecule has 2 amide bonds. The van der Waals surface area contributed by atoms with Gasteiger partial charge in [-0.25, -0.2) is 4.98 Å². The lowest BCUT2D eigenvalue weighted by molar-refractivity contribution is -0.127. The van der Waals surface area contributed by atoms with Gasteiger partial charge in [-0.05, 0) is 19.3 Å². The van der Waals surface area contributed by atoms with Gasteiger partial charge < -0.3 is 10.6 Å². The predicted octanol–water partition coefficient (Wildman–Crippen LogP) is 0.840. The summed E-state index contributed by atoms with van der Waals surface area (Å²) in [6.07, 6.45) is 0.936. The topological polar surface area (TPSA) is 71.1 Å². The molecule has 6 heteroatoms. The van der Waals surface area contributed by atoms with E-state index in [4.69, 9.17) is 0 Å². The number of hydrogen-bond acceptors (Lipinski definition) is 4. The monoisotopic (exact) mass is 267 g/mol. The average Bonchev–Trinajstić information content (AvgIpc) is 2.92. The Morgan fingerprint density at radius 1 is 1.50 bits per heavy atom. The quantitative estimate of drug-likeness (QED) is 0.830. The largest absolute Gasteiger partial charge is 0.348 e. The van der Waals surface area contributed by atoms with Crippen LogP contribution in [0.1, 0.15) is 24.0 Å². The maximum atomic E-state index is 11.5. The third-order valence-corrected chi connectivity index (χ3v) is 3.94. The molecule has 1 saturated carbocycles. The van der Waals surface area contributed by atoms with Gasteiger partial charge >= 0.3 is 0 Å². The number of carbonyl (C=O) groups excluding carboxylic acids is 2. The summed E-state index contributed by atoms with van der Waals surface area (Å²) < 4.78 is 0. The summed E-state index contributed by atoms with van der Waals surface area (Å²) >= 11 is 1.52. The van der Waals surface area contributed by atoms with Crippen molar-refractivity contribution in [2.75, 3.05) is 6.54 Å². The molecule has 1 aliphatic rings. The third kappa shape index (κ3) is 3.53. The average molecular weight is 267 g/mol. The Kier molecular flexibility index (Phi) is 3.96. The summed E-state index contributed by atoms with van der Waals surface area (Å²) in [4.78, 5) is 27.2. The van der Waals surface area contributed by atoms with E-state index < -0.39 is 0 Å². The third-order valence-electron chi connectivity index (χ3n) is 2.97. The fourth-order valence-corrected chi connectivity index (χ4v) is 2.42. The minimum atomic E-state index is -0.176. The molecule has 18 heavy (non-hydrogen) atoms. The summed E-state index contributed by atoms with van der Waals surface area (Å²) in [5, 5.41) is 8.20. The van der Waals surface area contributed by atoms with Crippen molar-refractivity contribution in [1.29, 1.82) is 0 Å². The van der Waals surface area contributed by atoms with Crippen molar-refractivity contribution in [3.05, 3.63) is 16.1 Å². The van der Waals surface area contributed by atoms with E-state index in [9.17, 15) is 9.59 Å². The van der Waals surface area contributed by atoms with E-state index in [1.165, 1.54) is 11.3 Å². The lowest BCUT2D eigenvalue weighted by Gasteiger charge is -2.05. The molecule has 2 unspecified atom stereocenters. The molecular formula is C12H17N3O2S. The Hall–Kier alpha value is -1.43. The van der Waals surface area contributed by atoms with Gasteiger partial charge in [0.25, 0.3) is 0 Å². The molecule has 0 aliphatic heterocycles. The highest BCUT2D eigenvalue weighted by molar-refractivity contribution is 7.09. The van der Waals surface area contributed by atoms with Crippen molar-refractivity contribution in [3.8, 4) is 0 Å². The van der Waals surface area contributed by atoms with Crippen LogP contribution >= 0.6 is 11.3 Å². The molecule has 1 aliphatic carbocycles. The standard InChI is InChI=1S/C12H17N3O2S/c1-7-3-9(7)12(17)14-4-10(16)13-5-11-15-8(2)6-18-11/h6-7,9H,3-5H2,1-2H3,(H,13,16)(H,14,17). The van der Waals surface area contributed by atoms with Gasteiger partial charge in [-0.2, -0.15) is 0 Å². The Morgan fingerprint density at radius 2 is 2.22 bits per heavy atom. The number of nitrogens with one attached hydrogen (secondary N) is 2. The summed E-state index contributed by atoms with van der Waals surface area (Å²) in [7, 11) is 0. The van der Waals surface area contributed by atoms with E-state index in [0.717, 1.165) is 17.1 Å². The summed E-state index contributed by atoms with van der Waals surface area (Å²) in [5.74, 6) is 0.387. The first-order valence-electron chi connectivity index (χ1n) is 6.01. The normalized spacial score (nSPS) is 21.4. The van der Waals surface area contributed by atoms with E-state index in [0.29, 0.717) is 12.5 Å². The number of thiazole rings is 1. The SMILES string of the molecule is Cc1csc(CNC(=O)CNC(=O)C2CC2C)n1. The summed E-state index contributed by atoms with van der Waals surface area (Å²) in [6.45, 7) is 4.42. The van der Waals surface area contributed by atoms with E-state index in [-0.39, 0.29) is 24.3 Å². The Morgan fingerprint density at radius 3 is 2.78 bits per heavy atom. The molecule has 0 bridgehead atoms. The zero-order valence-electron chi connectivity index (χ0n) is 10.5. The zero-order valence-corrected chi connectivity index (χ0v) is 11.3. The predicted molar refractivity (Wildman–Crippen MR) is 69.0 cm³/mol. The van der Waals surface area contributed by atoms with E-state index in [1.54, 1.807) is 0 Å². The fraction of sp³-hybridized carbons (Fsp3) is 0.583. The number of hydrogen-bond donors (Lipinski definition) is 2. The van der Waals surface area contributed by atoms with Gasteiger partial charge in [0.05, 0.1) is 13.1 Å². The van der Waals surface area contributed by atoms with Gasteiger partial charge in [-0.3, -0.25) is 9.59 Å². The van der Waals surface area contributed by atoms with E-state index in [2.05, 4.69) is 15.6 Å². The van der Waals surface area contributed by atoms with Crippen LogP contribution in [-0.4, -0.2) is 23.3 Å². The molecule has 0 saturated heterocycles. The van der Waals surface area contributed by atoms with Crippen LogP contribution in [0.15, 0.2) is 5.38 Å². The second-order valence-electron chi connectivity index (χ2n) is 4.70. The van der Waals surface area contributed by atoms with Crippen molar-refractivity contribution in [3.63, 3.8) is 0 Å². The summed E-state index contributed by atoms with van der Waals surface area (Å²) in [5.41, 5.74) is 0.959. The highest BCUT2D eigenvalue weighted by Crippen LogP contribution is 2.37. The van der Waals surface area contributed by atoms with Crippen LogP contribution in [0.25, 0.3) is 0 Å². The van der Waals surface area contributed by atoms with Crippen molar-refractivity contribution >= 4 is 23.2 Å². The van der Waals surface area contributed by atoms with Gasteiger partial charge in [0.1, 0.15) is 5.01 Å². The van der Waals surface area contributed by atoms with Gasteiger partial charge in [0, 0.05) is 17.0 Å². The second-order valence-corrected chi connectivity index (χ2v) is 5.64. The van der Waals surface area contributed by atoms with Crippen molar-refractivity contribution in [2.45, 2.75) is 26.8 Å². The van der Waals surface area contributed by atoms with Crippen molar-refractivity contribution in [2.24, 2.45) is 11.8 Å².